The number of rotatable bonds is 8. The first kappa shape index (κ1) is 11.8. The van der Waals surface area contributed by atoms with E-state index in [1.807, 2.05) is 0 Å². The van der Waals surface area contributed by atoms with Crippen molar-refractivity contribution in [2.75, 3.05) is 33.5 Å². The second-order valence-corrected chi connectivity index (χ2v) is 2.61. The number of aliphatic hydroxyl groups excluding tert-OH is 2. The Bertz CT molecular complexity index is 87.1. The molecule has 0 saturated heterocycles. The van der Waals surface area contributed by atoms with Crippen LogP contribution < -0.4 is 0 Å². The molecule has 0 aliphatic heterocycles. The lowest BCUT2D eigenvalue weighted by molar-refractivity contribution is -0.00728. The molecule has 74 valence electrons. The van der Waals surface area contributed by atoms with Gasteiger partial charge in [0, 0.05) is 20.3 Å². The van der Waals surface area contributed by atoms with Crippen molar-refractivity contribution in [3.8, 4) is 0 Å². The maximum absolute atomic E-state index is 9.11. The molecule has 12 heavy (non-hydrogen) atoms. The van der Waals surface area contributed by atoms with E-state index in [-0.39, 0.29) is 6.61 Å². The van der Waals surface area contributed by atoms with E-state index in [0.717, 1.165) is 12.8 Å². The highest BCUT2D eigenvalue weighted by Gasteiger charge is 2.01. The zero-order valence-corrected chi connectivity index (χ0v) is 7.53. The zero-order valence-electron chi connectivity index (χ0n) is 7.53. The van der Waals surface area contributed by atoms with Crippen molar-refractivity contribution in [1.82, 2.24) is 0 Å². The third-order valence-electron chi connectivity index (χ3n) is 1.37. The molecule has 0 bridgehead atoms. The van der Waals surface area contributed by atoms with Gasteiger partial charge < -0.3 is 19.7 Å². The lowest BCUT2D eigenvalue weighted by atomic mass is 10.3. The highest BCUT2D eigenvalue weighted by molar-refractivity contribution is 4.50. The average molecular weight is 178 g/mol. The number of hydrogen-bond acceptors (Lipinski definition) is 4. The molecule has 0 fully saturated rings. The molecule has 0 aliphatic rings. The van der Waals surface area contributed by atoms with Crippen LogP contribution in [0.15, 0.2) is 0 Å². The topological polar surface area (TPSA) is 58.9 Å². The van der Waals surface area contributed by atoms with E-state index >= 15 is 0 Å². The predicted octanol–water partition coefficient (Wildman–Crippen LogP) is -0.217. The molecular formula is C8H18O4. The van der Waals surface area contributed by atoms with Crippen LogP contribution in [0.1, 0.15) is 12.8 Å². The van der Waals surface area contributed by atoms with Crippen molar-refractivity contribution < 1.29 is 19.7 Å². The van der Waals surface area contributed by atoms with Crippen LogP contribution in [0.5, 0.6) is 0 Å². The van der Waals surface area contributed by atoms with Gasteiger partial charge in [0.25, 0.3) is 0 Å². The number of unbranched alkanes of at least 4 members (excludes halogenated alkanes) is 1. The molecule has 0 rings (SSSR count). The maximum atomic E-state index is 9.11. The van der Waals surface area contributed by atoms with Crippen LogP contribution in [0.3, 0.4) is 0 Å². The standard InChI is InChI=1S/C8H18O4/c1-11-6-8(10)7-12-5-3-2-4-9/h8-10H,2-7H2,1H3. The number of methoxy groups -OCH3 is 1. The van der Waals surface area contributed by atoms with Gasteiger partial charge in [0.1, 0.15) is 6.10 Å². The van der Waals surface area contributed by atoms with E-state index in [4.69, 9.17) is 19.7 Å². The summed E-state index contributed by atoms with van der Waals surface area (Å²) in [5, 5.41) is 17.5. The highest BCUT2D eigenvalue weighted by atomic mass is 16.5. The first-order valence-electron chi connectivity index (χ1n) is 4.17. The predicted molar refractivity (Wildman–Crippen MR) is 45.0 cm³/mol. The Balaban J connectivity index is 2.97. The number of aliphatic hydroxyl groups is 2. The molecule has 0 aliphatic carbocycles. The molecule has 1 unspecified atom stereocenters. The van der Waals surface area contributed by atoms with Gasteiger partial charge >= 0.3 is 0 Å². The molecule has 0 aromatic heterocycles. The Hall–Kier alpha value is -0.160. The van der Waals surface area contributed by atoms with Gasteiger partial charge in [0.15, 0.2) is 0 Å². The molecular weight excluding hydrogens is 160 g/mol. The van der Waals surface area contributed by atoms with Gasteiger partial charge in [-0.3, -0.25) is 0 Å². The highest BCUT2D eigenvalue weighted by Crippen LogP contribution is 1.91. The summed E-state index contributed by atoms with van der Waals surface area (Å²) in [6, 6.07) is 0. The molecule has 0 aromatic carbocycles. The monoisotopic (exact) mass is 178 g/mol. The van der Waals surface area contributed by atoms with Crippen molar-refractivity contribution in [3.05, 3.63) is 0 Å². The fourth-order valence-corrected chi connectivity index (χ4v) is 0.776. The minimum atomic E-state index is -0.538. The Morgan fingerprint density at radius 2 is 2.00 bits per heavy atom. The van der Waals surface area contributed by atoms with Crippen molar-refractivity contribution in [2.24, 2.45) is 0 Å². The van der Waals surface area contributed by atoms with E-state index in [9.17, 15) is 0 Å². The van der Waals surface area contributed by atoms with Crippen molar-refractivity contribution in [3.63, 3.8) is 0 Å². The quantitative estimate of drug-likeness (QED) is 0.505. The Morgan fingerprint density at radius 1 is 1.25 bits per heavy atom. The van der Waals surface area contributed by atoms with E-state index in [2.05, 4.69) is 0 Å². The van der Waals surface area contributed by atoms with Gasteiger partial charge in [-0.25, -0.2) is 0 Å². The van der Waals surface area contributed by atoms with Gasteiger partial charge in [-0.15, -0.1) is 0 Å². The molecule has 0 heterocycles. The van der Waals surface area contributed by atoms with Crippen molar-refractivity contribution >= 4 is 0 Å². The SMILES string of the molecule is COCC(O)COCCCCO. The molecule has 0 radical (unpaired) electrons. The lowest BCUT2D eigenvalue weighted by Crippen LogP contribution is -2.21. The fourth-order valence-electron chi connectivity index (χ4n) is 0.776. The van der Waals surface area contributed by atoms with Gasteiger partial charge in [0.05, 0.1) is 13.2 Å². The maximum Gasteiger partial charge on any atom is 0.101 e. The largest absolute Gasteiger partial charge is 0.396 e. The van der Waals surface area contributed by atoms with E-state index < -0.39 is 6.10 Å². The summed E-state index contributed by atoms with van der Waals surface area (Å²) in [5.41, 5.74) is 0. The second-order valence-electron chi connectivity index (χ2n) is 2.61. The molecule has 2 N–H and O–H groups in total. The van der Waals surface area contributed by atoms with E-state index in [1.165, 1.54) is 7.11 Å². The zero-order chi connectivity index (χ0) is 9.23. The first-order chi connectivity index (χ1) is 5.81. The fraction of sp³-hybridized carbons (Fsp3) is 1.00. The summed E-state index contributed by atoms with van der Waals surface area (Å²) in [6.45, 7) is 1.39. The summed E-state index contributed by atoms with van der Waals surface area (Å²) in [4.78, 5) is 0. The van der Waals surface area contributed by atoms with Gasteiger partial charge in [-0.2, -0.15) is 0 Å². The summed E-state index contributed by atoms with van der Waals surface area (Å²) in [6.07, 6.45) is 1.04. The third-order valence-corrected chi connectivity index (χ3v) is 1.37. The second kappa shape index (κ2) is 8.93. The molecule has 0 amide bonds. The minimum absolute atomic E-state index is 0.198. The van der Waals surface area contributed by atoms with Gasteiger partial charge in [-0.05, 0) is 12.8 Å². The Kier molecular flexibility index (Phi) is 8.81. The van der Waals surface area contributed by atoms with Crippen molar-refractivity contribution in [2.45, 2.75) is 18.9 Å². The van der Waals surface area contributed by atoms with Crippen LogP contribution in [0.25, 0.3) is 0 Å². The summed E-state index contributed by atoms with van der Waals surface area (Å²) >= 11 is 0. The van der Waals surface area contributed by atoms with E-state index in [1.54, 1.807) is 0 Å². The van der Waals surface area contributed by atoms with Crippen LogP contribution in [0.4, 0.5) is 0 Å². The first-order valence-corrected chi connectivity index (χ1v) is 4.17. The molecule has 0 aromatic rings. The summed E-state index contributed by atoms with van der Waals surface area (Å²) in [7, 11) is 1.54. The van der Waals surface area contributed by atoms with Crippen molar-refractivity contribution in [1.29, 1.82) is 0 Å². The normalized spacial score (nSPS) is 13.2. The molecule has 1 atom stereocenters. The smallest absolute Gasteiger partial charge is 0.101 e. The molecule has 4 heteroatoms. The number of hydrogen-bond donors (Lipinski definition) is 2. The summed E-state index contributed by atoms with van der Waals surface area (Å²) < 4.78 is 9.82. The minimum Gasteiger partial charge on any atom is -0.396 e. The van der Waals surface area contributed by atoms with Crippen LogP contribution >= 0.6 is 0 Å². The van der Waals surface area contributed by atoms with Crippen LogP contribution in [0, 0.1) is 0 Å². The van der Waals surface area contributed by atoms with Crippen LogP contribution in [-0.4, -0.2) is 49.9 Å². The van der Waals surface area contributed by atoms with Gasteiger partial charge in [0.2, 0.25) is 0 Å². The summed E-state index contributed by atoms with van der Waals surface area (Å²) in [5.74, 6) is 0. The Labute approximate surface area is 73.1 Å². The van der Waals surface area contributed by atoms with Crippen LogP contribution in [-0.2, 0) is 9.47 Å². The third kappa shape index (κ3) is 7.94. The molecule has 0 saturated carbocycles. The number of ether oxygens (including phenoxy) is 2. The lowest BCUT2D eigenvalue weighted by Gasteiger charge is -2.09. The van der Waals surface area contributed by atoms with Gasteiger partial charge in [-0.1, -0.05) is 0 Å². The van der Waals surface area contributed by atoms with E-state index in [0.29, 0.717) is 19.8 Å². The van der Waals surface area contributed by atoms with Crippen LogP contribution in [0.2, 0.25) is 0 Å². The Morgan fingerprint density at radius 3 is 2.58 bits per heavy atom. The molecule has 4 nitrogen and oxygen atoms in total. The molecule has 0 spiro atoms. The average Bonchev–Trinajstić information content (AvgIpc) is 2.05.